The van der Waals surface area contributed by atoms with Gasteiger partial charge in [0.1, 0.15) is 5.82 Å². The van der Waals surface area contributed by atoms with Crippen LogP contribution in [0.2, 0.25) is 0 Å². The molecular weight excluding hydrogens is 126 g/mol. The Kier molecular flexibility index (Phi) is 1.94. The molecule has 55 valence electrons. The van der Waals surface area contributed by atoms with Gasteiger partial charge in [-0.2, -0.15) is 5.10 Å². The van der Waals surface area contributed by atoms with Crippen molar-refractivity contribution < 1.29 is 0 Å². The Morgan fingerprint density at radius 2 is 2.50 bits per heavy atom. The summed E-state index contributed by atoms with van der Waals surface area (Å²) in [6, 6.07) is 0. The van der Waals surface area contributed by atoms with E-state index in [0.717, 1.165) is 24.2 Å². The first kappa shape index (κ1) is 7.12. The third-order valence-electron chi connectivity index (χ3n) is 1.51. The molecule has 0 aromatic carbocycles. The summed E-state index contributed by atoms with van der Waals surface area (Å²) in [4.78, 5) is 0. The summed E-state index contributed by atoms with van der Waals surface area (Å²) in [5.74, 6) is 0.753. The lowest BCUT2D eigenvalue weighted by Gasteiger charge is -1.95. The predicted molar refractivity (Wildman–Crippen MR) is 41.3 cm³/mol. The average Bonchev–Trinajstić information content (AvgIpc) is 2.20. The maximum Gasteiger partial charge on any atom is 0.124 e. The Hall–Kier alpha value is -0.990. The number of hydrogen-bond donors (Lipinski definition) is 1. The second-order valence-corrected chi connectivity index (χ2v) is 2.28. The number of anilines is 1. The third kappa shape index (κ3) is 1.12. The Balaban J connectivity index is 2.83. The van der Waals surface area contributed by atoms with E-state index in [-0.39, 0.29) is 0 Å². The highest BCUT2D eigenvalue weighted by atomic mass is 15.3. The molecule has 1 aromatic rings. The molecule has 1 aromatic heterocycles. The van der Waals surface area contributed by atoms with Crippen molar-refractivity contribution in [1.29, 1.82) is 0 Å². The highest BCUT2D eigenvalue weighted by Crippen LogP contribution is 2.10. The zero-order valence-electron chi connectivity index (χ0n) is 6.17. The van der Waals surface area contributed by atoms with Crippen LogP contribution in [0.25, 0.3) is 0 Å². The van der Waals surface area contributed by atoms with Gasteiger partial charge in [0.2, 0.25) is 0 Å². The number of aryl methyl sites for hydroxylation is 2. The van der Waals surface area contributed by atoms with Gasteiger partial charge in [0.05, 0.1) is 6.20 Å². The first-order valence-electron chi connectivity index (χ1n) is 3.31. The van der Waals surface area contributed by atoms with Gasteiger partial charge >= 0.3 is 0 Å². The number of aromatic nitrogens is 2. The van der Waals surface area contributed by atoms with Crippen molar-refractivity contribution in [1.82, 2.24) is 9.78 Å². The van der Waals surface area contributed by atoms with Crippen LogP contribution in [0, 0.1) is 6.92 Å². The van der Waals surface area contributed by atoms with Crippen molar-refractivity contribution in [2.45, 2.75) is 12.8 Å². The molecule has 0 amide bonds. The van der Waals surface area contributed by atoms with E-state index in [0.29, 0.717) is 0 Å². The molecule has 1 radical (unpaired) electrons. The molecule has 0 saturated heterocycles. The summed E-state index contributed by atoms with van der Waals surface area (Å²) >= 11 is 0. The summed E-state index contributed by atoms with van der Waals surface area (Å²) in [6.45, 7) is 3.74. The van der Waals surface area contributed by atoms with Crippen molar-refractivity contribution >= 4 is 5.82 Å². The molecule has 0 aliphatic carbocycles. The van der Waals surface area contributed by atoms with Crippen molar-refractivity contribution in [3.8, 4) is 0 Å². The molecule has 0 atom stereocenters. The molecule has 2 N–H and O–H groups in total. The van der Waals surface area contributed by atoms with Gasteiger partial charge in [-0.25, -0.2) is 0 Å². The standard InChI is InChI=1S/C7H12N3/c1-3-4-6-5-9-10(2)7(6)8/h5H,1,3-4,8H2,2H3. The number of nitrogens with two attached hydrogens (primary N) is 1. The fourth-order valence-corrected chi connectivity index (χ4v) is 0.876. The minimum atomic E-state index is 0.753. The lowest BCUT2D eigenvalue weighted by molar-refractivity contribution is 0.778. The van der Waals surface area contributed by atoms with Gasteiger partial charge in [-0.1, -0.05) is 6.92 Å². The van der Waals surface area contributed by atoms with Gasteiger partial charge in [0.15, 0.2) is 0 Å². The molecule has 0 bridgehead atoms. The number of rotatable bonds is 2. The molecule has 0 saturated carbocycles. The van der Waals surface area contributed by atoms with Crippen LogP contribution in [0.15, 0.2) is 6.20 Å². The molecule has 1 rings (SSSR count). The largest absolute Gasteiger partial charge is 0.384 e. The fourth-order valence-electron chi connectivity index (χ4n) is 0.876. The minimum Gasteiger partial charge on any atom is -0.384 e. The quantitative estimate of drug-likeness (QED) is 0.656. The molecule has 0 aliphatic heterocycles. The fraction of sp³-hybridized carbons (Fsp3) is 0.429. The number of nitrogens with zero attached hydrogens (tertiary/aromatic N) is 2. The van der Waals surface area contributed by atoms with Gasteiger partial charge < -0.3 is 5.73 Å². The van der Waals surface area contributed by atoms with E-state index in [4.69, 9.17) is 5.73 Å². The topological polar surface area (TPSA) is 43.8 Å². The number of hydrogen-bond acceptors (Lipinski definition) is 2. The summed E-state index contributed by atoms with van der Waals surface area (Å²) in [5.41, 5.74) is 6.76. The van der Waals surface area contributed by atoms with Crippen LogP contribution in [0.1, 0.15) is 12.0 Å². The summed E-state index contributed by atoms with van der Waals surface area (Å²) in [7, 11) is 1.84. The summed E-state index contributed by atoms with van der Waals surface area (Å²) in [6.07, 6.45) is 3.58. The summed E-state index contributed by atoms with van der Waals surface area (Å²) in [5, 5.41) is 4.00. The predicted octanol–water partition coefficient (Wildman–Crippen LogP) is 0.769. The van der Waals surface area contributed by atoms with Gasteiger partial charge in [0, 0.05) is 12.6 Å². The third-order valence-corrected chi connectivity index (χ3v) is 1.51. The molecule has 1 heterocycles. The van der Waals surface area contributed by atoms with E-state index < -0.39 is 0 Å². The van der Waals surface area contributed by atoms with Gasteiger partial charge in [0.25, 0.3) is 0 Å². The van der Waals surface area contributed by atoms with Crippen LogP contribution in [0.4, 0.5) is 5.82 Å². The van der Waals surface area contributed by atoms with E-state index in [1.54, 1.807) is 10.9 Å². The zero-order chi connectivity index (χ0) is 7.56. The van der Waals surface area contributed by atoms with Crippen LogP contribution in [0.5, 0.6) is 0 Å². The van der Waals surface area contributed by atoms with Gasteiger partial charge in [-0.15, -0.1) is 0 Å². The Morgan fingerprint density at radius 3 is 2.90 bits per heavy atom. The first-order valence-corrected chi connectivity index (χ1v) is 3.31. The van der Waals surface area contributed by atoms with Gasteiger partial charge in [-0.05, 0) is 12.8 Å². The molecule has 0 fully saturated rings. The van der Waals surface area contributed by atoms with Gasteiger partial charge in [-0.3, -0.25) is 4.68 Å². The molecule has 10 heavy (non-hydrogen) atoms. The van der Waals surface area contributed by atoms with Crippen molar-refractivity contribution in [3.63, 3.8) is 0 Å². The second kappa shape index (κ2) is 2.73. The first-order chi connectivity index (χ1) is 4.75. The van der Waals surface area contributed by atoms with Crippen LogP contribution in [-0.4, -0.2) is 9.78 Å². The normalized spacial score (nSPS) is 10.2. The molecule has 0 unspecified atom stereocenters. The molecular formula is C7H12N3. The molecule has 0 spiro atoms. The summed E-state index contributed by atoms with van der Waals surface area (Å²) < 4.78 is 1.67. The van der Waals surface area contributed by atoms with Crippen molar-refractivity contribution in [2.75, 3.05) is 5.73 Å². The maximum atomic E-state index is 5.66. The van der Waals surface area contributed by atoms with Crippen LogP contribution >= 0.6 is 0 Å². The van der Waals surface area contributed by atoms with E-state index in [1.165, 1.54) is 0 Å². The average molecular weight is 138 g/mol. The second-order valence-electron chi connectivity index (χ2n) is 2.28. The molecule has 3 nitrogen and oxygen atoms in total. The minimum absolute atomic E-state index is 0.753. The van der Waals surface area contributed by atoms with E-state index in [2.05, 4.69) is 12.0 Å². The number of nitrogen functional groups attached to an aromatic ring is 1. The van der Waals surface area contributed by atoms with Crippen LogP contribution < -0.4 is 5.73 Å². The Morgan fingerprint density at radius 1 is 1.80 bits per heavy atom. The Bertz CT molecular complexity index is 215. The highest BCUT2D eigenvalue weighted by Gasteiger charge is 2.01. The Labute approximate surface area is 60.8 Å². The zero-order valence-corrected chi connectivity index (χ0v) is 6.17. The van der Waals surface area contributed by atoms with Crippen LogP contribution in [0.3, 0.4) is 0 Å². The monoisotopic (exact) mass is 138 g/mol. The molecule has 3 heteroatoms. The smallest absolute Gasteiger partial charge is 0.124 e. The maximum absolute atomic E-state index is 5.66. The SMILES string of the molecule is [CH2]CCc1cnn(C)c1N. The van der Waals surface area contributed by atoms with E-state index >= 15 is 0 Å². The lowest BCUT2D eigenvalue weighted by Crippen LogP contribution is -1.99. The lowest BCUT2D eigenvalue weighted by atomic mass is 10.2. The van der Waals surface area contributed by atoms with E-state index in [9.17, 15) is 0 Å². The highest BCUT2D eigenvalue weighted by molar-refractivity contribution is 5.38. The van der Waals surface area contributed by atoms with Crippen molar-refractivity contribution in [2.24, 2.45) is 7.05 Å². The van der Waals surface area contributed by atoms with Crippen molar-refractivity contribution in [3.05, 3.63) is 18.7 Å². The van der Waals surface area contributed by atoms with Crippen LogP contribution in [-0.2, 0) is 13.5 Å². The molecule has 0 aliphatic rings. The van der Waals surface area contributed by atoms with E-state index in [1.807, 2.05) is 7.05 Å².